The molecule has 0 unspecified atom stereocenters. The highest BCUT2D eigenvalue weighted by Gasteiger charge is 2.27. The molecule has 1 heterocycles. The number of rotatable bonds is 11. The van der Waals surface area contributed by atoms with Crippen molar-refractivity contribution in [1.82, 2.24) is 10.0 Å². The number of methoxy groups -OCH3 is 2. The molecule has 37 heavy (non-hydrogen) atoms. The number of hydrogen-bond donors (Lipinski definition) is 2. The number of esters is 2. The van der Waals surface area contributed by atoms with Gasteiger partial charge in [0.2, 0.25) is 10.0 Å². The maximum absolute atomic E-state index is 12.7. The van der Waals surface area contributed by atoms with Crippen LogP contribution in [0.3, 0.4) is 0 Å². The first-order chi connectivity index (χ1) is 17.6. The molecule has 1 atom stereocenters. The molecule has 0 aromatic heterocycles. The Morgan fingerprint density at radius 1 is 1.03 bits per heavy atom. The van der Waals surface area contributed by atoms with Gasteiger partial charge in [0, 0.05) is 6.42 Å². The van der Waals surface area contributed by atoms with Crippen LogP contribution in [0, 0.1) is 0 Å². The zero-order valence-electron chi connectivity index (χ0n) is 19.9. The fourth-order valence-electron chi connectivity index (χ4n) is 3.15. The van der Waals surface area contributed by atoms with Crippen molar-refractivity contribution in [3.05, 3.63) is 64.6 Å². The minimum absolute atomic E-state index is 0.0760. The van der Waals surface area contributed by atoms with Gasteiger partial charge >= 0.3 is 11.9 Å². The summed E-state index contributed by atoms with van der Waals surface area (Å²) in [6.07, 6.45) is 1.31. The summed E-state index contributed by atoms with van der Waals surface area (Å²) in [5.41, 5.74) is 1.41. The summed E-state index contributed by atoms with van der Waals surface area (Å²) < 4.78 is 42.6. The van der Waals surface area contributed by atoms with Gasteiger partial charge in [-0.1, -0.05) is 24.3 Å². The standard InChI is InChI=1S/C24H24N2O9S2/c1-33-21(27)12-11-19(23(29)34-2)26-37(31,32)18-9-5-16(6-10-18)14-35-17-7-3-15(4-8-17)13-20-22(28)25-24(30)36-20/h3-10,13,19,26H,11-12,14H2,1-2H3,(H,25,28,30)/b20-13-/t19-/m1/s1. The summed E-state index contributed by atoms with van der Waals surface area (Å²) in [6.45, 7) is 0.158. The van der Waals surface area contributed by atoms with E-state index in [1.54, 1.807) is 42.5 Å². The quantitative estimate of drug-likeness (QED) is 0.316. The van der Waals surface area contributed by atoms with Crippen molar-refractivity contribution in [1.29, 1.82) is 0 Å². The number of carbonyl (C=O) groups is 4. The van der Waals surface area contributed by atoms with Gasteiger partial charge in [-0.2, -0.15) is 4.72 Å². The van der Waals surface area contributed by atoms with E-state index in [1.807, 2.05) is 0 Å². The molecule has 2 aromatic carbocycles. The van der Waals surface area contributed by atoms with Gasteiger partial charge in [0.1, 0.15) is 18.4 Å². The second kappa shape index (κ2) is 12.5. The highest BCUT2D eigenvalue weighted by atomic mass is 32.2. The Morgan fingerprint density at radius 3 is 2.27 bits per heavy atom. The lowest BCUT2D eigenvalue weighted by Crippen LogP contribution is -2.41. The van der Waals surface area contributed by atoms with E-state index >= 15 is 0 Å². The Labute approximate surface area is 217 Å². The maximum atomic E-state index is 12.7. The Balaban J connectivity index is 1.59. The van der Waals surface area contributed by atoms with Crippen molar-refractivity contribution in [3.8, 4) is 5.75 Å². The molecule has 1 aliphatic rings. The number of ether oxygens (including phenoxy) is 3. The summed E-state index contributed by atoms with van der Waals surface area (Å²) in [4.78, 5) is 46.5. The largest absolute Gasteiger partial charge is 0.489 e. The van der Waals surface area contributed by atoms with E-state index in [-0.39, 0.29) is 24.3 Å². The molecule has 0 aliphatic carbocycles. The van der Waals surface area contributed by atoms with Crippen LogP contribution in [0.5, 0.6) is 5.75 Å². The van der Waals surface area contributed by atoms with Crippen molar-refractivity contribution in [3.63, 3.8) is 0 Å². The number of carbonyl (C=O) groups excluding carboxylic acids is 4. The summed E-state index contributed by atoms with van der Waals surface area (Å²) in [5, 5.41) is 1.78. The molecular formula is C24H24N2O9S2. The zero-order chi connectivity index (χ0) is 27.0. The molecule has 0 radical (unpaired) electrons. The Hall–Kier alpha value is -3.68. The van der Waals surface area contributed by atoms with Crippen LogP contribution in [0.1, 0.15) is 24.0 Å². The second-order valence-electron chi connectivity index (χ2n) is 7.67. The van der Waals surface area contributed by atoms with Crippen molar-refractivity contribution in [2.45, 2.75) is 30.4 Å². The molecule has 13 heteroatoms. The molecule has 11 nitrogen and oxygen atoms in total. The summed E-state index contributed by atoms with van der Waals surface area (Å²) in [5.74, 6) is -1.29. The molecule has 2 N–H and O–H groups in total. The van der Waals surface area contributed by atoms with Crippen LogP contribution in [0.2, 0.25) is 0 Å². The van der Waals surface area contributed by atoms with E-state index in [9.17, 15) is 27.6 Å². The SMILES string of the molecule is COC(=O)CC[C@@H](NS(=O)(=O)c1ccc(COc2ccc(/C=C3\SC(=O)NC3=O)cc2)cc1)C(=O)OC. The van der Waals surface area contributed by atoms with E-state index in [1.165, 1.54) is 19.2 Å². The molecule has 0 spiro atoms. The molecule has 1 fully saturated rings. The summed E-state index contributed by atoms with van der Waals surface area (Å²) in [7, 11) is -1.76. The van der Waals surface area contributed by atoms with Crippen LogP contribution in [-0.2, 0) is 40.5 Å². The van der Waals surface area contributed by atoms with Crippen LogP contribution >= 0.6 is 11.8 Å². The number of thioether (sulfide) groups is 1. The van der Waals surface area contributed by atoms with Gasteiger partial charge in [-0.25, -0.2) is 8.42 Å². The van der Waals surface area contributed by atoms with Gasteiger partial charge in [0.05, 0.1) is 24.0 Å². The van der Waals surface area contributed by atoms with Crippen LogP contribution in [0.4, 0.5) is 4.79 Å². The Bertz CT molecular complexity index is 1300. The molecule has 196 valence electrons. The molecule has 2 aromatic rings. The Morgan fingerprint density at radius 2 is 1.70 bits per heavy atom. The molecule has 3 rings (SSSR count). The molecule has 1 aliphatic heterocycles. The average molecular weight is 549 g/mol. The van der Waals surface area contributed by atoms with Crippen molar-refractivity contribution in [2.75, 3.05) is 14.2 Å². The highest BCUT2D eigenvalue weighted by molar-refractivity contribution is 8.18. The van der Waals surface area contributed by atoms with Gasteiger partial charge in [-0.15, -0.1) is 0 Å². The lowest BCUT2D eigenvalue weighted by atomic mass is 10.2. The van der Waals surface area contributed by atoms with Gasteiger partial charge in [0.25, 0.3) is 11.1 Å². The number of hydrogen-bond acceptors (Lipinski definition) is 10. The third kappa shape index (κ3) is 7.90. The van der Waals surface area contributed by atoms with Crippen molar-refractivity contribution in [2.24, 2.45) is 0 Å². The first-order valence-corrected chi connectivity index (χ1v) is 13.1. The van der Waals surface area contributed by atoms with Crippen molar-refractivity contribution >= 4 is 50.9 Å². The van der Waals surface area contributed by atoms with Gasteiger partial charge in [0.15, 0.2) is 0 Å². The molecule has 0 saturated carbocycles. The lowest BCUT2D eigenvalue weighted by molar-refractivity contribution is -0.144. The third-order valence-electron chi connectivity index (χ3n) is 5.11. The molecule has 1 saturated heterocycles. The fourth-order valence-corrected chi connectivity index (χ4v) is 5.05. The number of amides is 2. The van der Waals surface area contributed by atoms with E-state index in [0.717, 1.165) is 24.4 Å². The van der Waals surface area contributed by atoms with E-state index in [2.05, 4.69) is 19.5 Å². The minimum Gasteiger partial charge on any atom is -0.489 e. The normalized spacial score (nSPS) is 15.2. The highest BCUT2D eigenvalue weighted by Crippen LogP contribution is 2.26. The van der Waals surface area contributed by atoms with Gasteiger partial charge in [-0.05, 0) is 59.7 Å². The second-order valence-corrected chi connectivity index (χ2v) is 10.4. The number of imide groups is 1. The zero-order valence-corrected chi connectivity index (χ0v) is 21.5. The van der Waals surface area contributed by atoms with Gasteiger partial charge in [-0.3, -0.25) is 24.5 Å². The molecule has 0 bridgehead atoms. The first kappa shape index (κ1) is 27.9. The van der Waals surface area contributed by atoms with Crippen LogP contribution in [0.15, 0.2) is 58.3 Å². The maximum Gasteiger partial charge on any atom is 0.323 e. The third-order valence-corrected chi connectivity index (χ3v) is 7.41. The number of benzene rings is 2. The predicted molar refractivity (Wildman–Crippen MR) is 134 cm³/mol. The van der Waals surface area contributed by atoms with E-state index in [0.29, 0.717) is 16.2 Å². The van der Waals surface area contributed by atoms with Crippen LogP contribution in [0.25, 0.3) is 6.08 Å². The van der Waals surface area contributed by atoms with Crippen molar-refractivity contribution < 1.29 is 41.8 Å². The fraction of sp³-hybridized carbons (Fsp3) is 0.250. The average Bonchev–Trinajstić information content (AvgIpc) is 3.21. The first-order valence-electron chi connectivity index (χ1n) is 10.8. The minimum atomic E-state index is -4.08. The van der Waals surface area contributed by atoms with Crippen LogP contribution in [-0.4, -0.2) is 51.8 Å². The Kier molecular flexibility index (Phi) is 9.44. The van der Waals surface area contributed by atoms with E-state index in [4.69, 9.17) is 4.74 Å². The topological polar surface area (TPSA) is 154 Å². The smallest absolute Gasteiger partial charge is 0.323 e. The monoisotopic (exact) mass is 548 g/mol. The summed E-state index contributed by atoms with van der Waals surface area (Å²) in [6, 6.07) is 11.5. The number of sulfonamides is 1. The molecular weight excluding hydrogens is 524 g/mol. The molecule has 2 amide bonds. The lowest BCUT2D eigenvalue weighted by Gasteiger charge is -2.16. The van der Waals surface area contributed by atoms with Crippen LogP contribution < -0.4 is 14.8 Å². The van der Waals surface area contributed by atoms with E-state index < -0.39 is 39.2 Å². The number of nitrogens with one attached hydrogen (secondary N) is 2. The summed E-state index contributed by atoms with van der Waals surface area (Å²) >= 11 is 0.834. The van der Waals surface area contributed by atoms with Gasteiger partial charge < -0.3 is 14.2 Å². The predicted octanol–water partition coefficient (Wildman–Crippen LogP) is 2.36.